The molecule has 1 fully saturated rings. The van der Waals surface area contributed by atoms with Gasteiger partial charge in [0.2, 0.25) is 12.2 Å². The van der Waals surface area contributed by atoms with Crippen molar-refractivity contribution in [2.24, 2.45) is 0 Å². The van der Waals surface area contributed by atoms with E-state index in [2.05, 4.69) is 9.97 Å². The van der Waals surface area contributed by atoms with Gasteiger partial charge in [-0.1, -0.05) is 0 Å². The van der Waals surface area contributed by atoms with E-state index >= 15 is 8.78 Å². The molecule has 0 radical (unpaired) electrons. The summed E-state index contributed by atoms with van der Waals surface area (Å²) in [6.07, 6.45) is -3.51. The molecule has 148 valence electrons. The topological polar surface area (TPSA) is 101 Å². The van der Waals surface area contributed by atoms with Gasteiger partial charge in [-0.3, -0.25) is 0 Å². The van der Waals surface area contributed by atoms with Gasteiger partial charge in [-0.2, -0.15) is 13.8 Å². The lowest BCUT2D eigenvalue weighted by molar-refractivity contribution is -0.138. The average Bonchev–Trinajstić information content (AvgIpc) is 2.67. The Bertz CT molecular complexity index is 705. The minimum absolute atomic E-state index is 0.0401. The Kier molecular flexibility index (Phi) is 5.74. The molecule has 1 aromatic rings. The Hall–Kier alpha value is -1.22. The summed E-state index contributed by atoms with van der Waals surface area (Å²) in [5.41, 5.74) is 4.37. The maximum absolute atomic E-state index is 15.1. The number of hydrogen-bond acceptors (Lipinski definition) is 7. The van der Waals surface area contributed by atoms with E-state index in [9.17, 15) is 4.79 Å². The SMILES string of the molecule is C[Si](C)(C)OC[C@H]1O[C@@H](n2cnc(N)nc2=O)C(F)(F)[C@@H]1O[Si](C)(C)C. The minimum atomic E-state index is -3.46. The van der Waals surface area contributed by atoms with Gasteiger partial charge in [0, 0.05) is 0 Å². The van der Waals surface area contributed by atoms with E-state index < -0.39 is 46.7 Å². The number of nitrogens with two attached hydrogens (primary N) is 1. The number of halogens is 2. The van der Waals surface area contributed by atoms with Crippen molar-refractivity contribution in [3.8, 4) is 0 Å². The van der Waals surface area contributed by atoms with Gasteiger partial charge in [0.05, 0.1) is 6.61 Å². The molecule has 1 aliphatic rings. The zero-order valence-electron chi connectivity index (χ0n) is 15.8. The van der Waals surface area contributed by atoms with E-state index in [-0.39, 0.29) is 12.6 Å². The number of anilines is 1. The van der Waals surface area contributed by atoms with Crippen LogP contribution in [0.1, 0.15) is 6.23 Å². The maximum Gasteiger partial charge on any atom is 0.354 e. The summed E-state index contributed by atoms with van der Waals surface area (Å²) in [5, 5.41) is 0. The lowest BCUT2D eigenvalue weighted by Crippen LogP contribution is -2.49. The van der Waals surface area contributed by atoms with Crippen LogP contribution in [-0.4, -0.2) is 55.9 Å². The lowest BCUT2D eigenvalue weighted by atomic mass is 10.1. The van der Waals surface area contributed by atoms with Gasteiger partial charge in [-0.15, -0.1) is 0 Å². The Labute approximate surface area is 152 Å². The third-order valence-electron chi connectivity index (χ3n) is 3.51. The van der Waals surface area contributed by atoms with E-state index in [1.807, 2.05) is 39.3 Å². The van der Waals surface area contributed by atoms with Crippen LogP contribution in [0.4, 0.5) is 14.7 Å². The molecule has 0 unspecified atom stereocenters. The van der Waals surface area contributed by atoms with Crippen molar-refractivity contribution in [3.63, 3.8) is 0 Å². The molecule has 8 nitrogen and oxygen atoms in total. The number of alkyl halides is 2. The Morgan fingerprint density at radius 2 is 1.88 bits per heavy atom. The molecule has 0 aliphatic carbocycles. The van der Waals surface area contributed by atoms with Gasteiger partial charge < -0.3 is 19.3 Å². The third kappa shape index (κ3) is 4.94. The van der Waals surface area contributed by atoms with E-state index in [4.69, 9.17) is 19.3 Å². The first kappa shape index (κ1) is 21.1. The normalized spacial score (nSPS) is 26.2. The fourth-order valence-corrected chi connectivity index (χ4v) is 4.21. The quantitative estimate of drug-likeness (QED) is 0.717. The summed E-state index contributed by atoms with van der Waals surface area (Å²) in [4.78, 5) is 19.0. The molecule has 3 atom stereocenters. The van der Waals surface area contributed by atoms with Gasteiger partial charge in [0.1, 0.15) is 18.5 Å². The second-order valence-electron chi connectivity index (χ2n) is 8.18. The number of nitrogens with zero attached hydrogens (tertiary/aromatic N) is 3. The zero-order chi connectivity index (χ0) is 19.9. The Balaban J connectivity index is 2.37. The first-order valence-electron chi connectivity index (χ1n) is 8.26. The molecule has 1 aliphatic heterocycles. The summed E-state index contributed by atoms with van der Waals surface area (Å²) < 4.78 is 47.9. The molecule has 0 spiro atoms. The first-order chi connectivity index (χ1) is 11.7. The molecule has 0 bridgehead atoms. The number of nitrogen functional groups attached to an aromatic ring is 1. The van der Waals surface area contributed by atoms with Crippen LogP contribution in [0.3, 0.4) is 0 Å². The third-order valence-corrected chi connectivity index (χ3v) is 5.50. The van der Waals surface area contributed by atoms with Crippen LogP contribution >= 0.6 is 0 Å². The van der Waals surface area contributed by atoms with Crippen LogP contribution in [0.25, 0.3) is 0 Å². The molecular formula is C14H26F2N4O4Si2. The van der Waals surface area contributed by atoms with Crippen LogP contribution in [0.15, 0.2) is 11.1 Å². The van der Waals surface area contributed by atoms with Crippen molar-refractivity contribution in [2.75, 3.05) is 12.3 Å². The monoisotopic (exact) mass is 408 g/mol. The first-order valence-corrected chi connectivity index (χ1v) is 15.1. The molecule has 1 aromatic heterocycles. The zero-order valence-corrected chi connectivity index (χ0v) is 17.8. The fraction of sp³-hybridized carbons (Fsp3) is 0.786. The molecule has 0 aromatic carbocycles. The number of hydrogen-bond donors (Lipinski definition) is 1. The highest BCUT2D eigenvalue weighted by Crippen LogP contribution is 2.45. The molecule has 12 heteroatoms. The van der Waals surface area contributed by atoms with E-state index in [0.29, 0.717) is 4.57 Å². The predicted molar refractivity (Wildman–Crippen MR) is 97.1 cm³/mol. The summed E-state index contributed by atoms with van der Waals surface area (Å²) in [7, 11) is -4.28. The van der Waals surface area contributed by atoms with Gasteiger partial charge >= 0.3 is 11.6 Å². The Morgan fingerprint density at radius 3 is 2.38 bits per heavy atom. The lowest BCUT2D eigenvalue weighted by Gasteiger charge is -2.31. The molecule has 2 heterocycles. The second-order valence-corrected chi connectivity index (χ2v) is 17.2. The highest BCUT2D eigenvalue weighted by Gasteiger charge is 2.62. The second kappa shape index (κ2) is 7.07. The molecule has 0 amide bonds. The van der Waals surface area contributed by atoms with Crippen LogP contribution in [0, 0.1) is 0 Å². The van der Waals surface area contributed by atoms with Gasteiger partial charge in [0.15, 0.2) is 16.6 Å². The molecule has 2 rings (SSSR count). The van der Waals surface area contributed by atoms with Crippen LogP contribution < -0.4 is 11.4 Å². The number of ether oxygens (including phenoxy) is 1. The van der Waals surface area contributed by atoms with Crippen molar-refractivity contribution >= 4 is 22.6 Å². The van der Waals surface area contributed by atoms with Crippen molar-refractivity contribution in [3.05, 3.63) is 16.8 Å². The molecule has 26 heavy (non-hydrogen) atoms. The van der Waals surface area contributed by atoms with E-state index in [1.165, 1.54) is 0 Å². The Morgan fingerprint density at radius 1 is 1.27 bits per heavy atom. The fourth-order valence-electron chi connectivity index (χ4n) is 2.48. The van der Waals surface area contributed by atoms with Gasteiger partial charge in [-0.05, 0) is 39.3 Å². The molecular weight excluding hydrogens is 382 g/mol. The number of rotatable bonds is 6. The maximum atomic E-state index is 15.1. The van der Waals surface area contributed by atoms with Crippen molar-refractivity contribution in [1.82, 2.24) is 14.5 Å². The molecule has 2 N–H and O–H groups in total. The minimum Gasteiger partial charge on any atom is -0.415 e. The highest BCUT2D eigenvalue weighted by atomic mass is 28.4. The van der Waals surface area contributed by atoms with Crippen molar-refractivity contribution in [2.45, 2.75) is 63.6 Å². The van der Waals surface area contributed by atoms with Crippen molar-refractivity contribution < 1.29 is 22.4 Å². The summed E-state index contributed by atoms with van der Waals surface area (Å²) >= 11 is 0. The van der Waals surface area contributed by atoms with E-state index in [1.54, 1.807) is 0 Å². The highest BCUT2D eigenvalue weighted by molar-refractivity contribution is 6.70. The van der Waals surface area contributed by atoms with Crippen molar-refractivity contribution in [1.29, 1.82) is 0 Å². The smallest absolute Gasteiger partial charge is 0.354 e. The van der Waals surface area contributed by atoms with Gasteiger partial charge in [0.25, 0.3) is 0 Å². The van der Waals surface area contributed by atoms with E-state index in [0.717, 1.165) is 6.33 Å². The van der Waals surface area contributed by atoms with Crippen LogP contribution in [0.2, 0.25) is 39.3 Å². The molecule has 1 saturated heterocycles. The largest absolute Gasteiger partial charge is 0.415 e. The van der Waals surface area contributed by atoms with Crippen LogP contribution in [0.5, 0.6) is 0 Å². The summed E-state index contributed by atoms with van der Waals surface area (Å²) in [6, 6.07) is 0. The van der Waals surface area contributed by atoms with Crippen LogP contribution in [-0.2, 0) is 13.6 Å². The summed E-state index contributed by atoms with van der Waals surface area (Å²) in [6.45, 7) is 11.2. The molecule has 0 saturated carbocycles. The number of aromatic nitrogens is 3. The van der Waals surface area contributed by atoms with Gasteiger partial charge in [-0.25, -0.2) is 14.3 Å². The standard InChI is InChI=1S/C14H26F2N4O4Si2/c1-25(2,3)22-7-9-10(24-26(4,5)6)14(15,16)11(23-9)20-8-18-12(17)19-13(20)21/h8-11H,7H2,1-6H3,(H2,17,19,21)/t9-,10-,11-/m1/s1. The summed E-state index contributed by atoms with van der Waals surface area (Å²) in [5.74, 6) is -3.75. The predicted octanol–water partition coefficient (Wildman–Crippen LogP) is 1.82. The average molecular weight is 409 g/mol.